The van der Waals surface area contributed by atoms with Crippen LogP contribution in [-0.4, -0.2) is 27.6 Å². The number of hydrogen-bond acceptors (Lipinski definition) is 7. The summed E-state index contributed by atoms with van der Waals surface area (Å²) in [6, 6.07) is 9.57. The number of fused-ring (bicyclic) bond motifs is 2. The summed E-state index contributed by atoms with van der Waals surface area (Å²) in [6.07, 6.45) is 0. The molecule has 0 bridgehead atoms. The molecule has 0 aliphatic carbocycles. The Bertz CT molecular complexity index is 1290. The minimum atomic E-state index is -0.434. The topological polar surface area (TPSA) is 123 Å². The summed E-state index contributed by atoms with van der Waals surface area (Å²) in [4.78, 5) is 11.8. The lowest BCUT2D eigenvalue weighted by molar-refractivity contribution is -0.623. The summed E-state index contributed by atoms with van der Waals surface area (Å²) in [6.45, 7) is 3.43. The molecule has 0 fully saturated rings. The van der Waals surface area contributed by atoms with Crippen LogP contribution in [0.2, 0.25) is 5.02 Å². The average molecular weight is 429 g/mol. The van der Waals surface area contributed by atoms with Gasteiger partial charge in [0.1, 0.15) is 17.7 Å². The molecule has 11 heteroatoms. The van der Waals surface area contributed by atoms with Gasteiger partial charge in [-0.25, -0.2) is 14.7 Å². The smallest absolute Gasteiger partial charge is 0.352 e. The number of esters is 1. The number of benzene rings is 2. The van der Waals surface area contributed by atoms with E-state index in [2.05, 4.69) is 15.6 Å². The SMILES string of the molecule is CCOC(=O)Cn1nnc2ccc(Nc3c(C)[n+]([O-])c4cc(Cl)ccc4[n+]3[O-])cc21. The maximum Gasteiger partial charge on any atom is 0.352 e. The molecule has 0 aliphatic heterocycles. The van der Waals surface area contributed by atoms with Gasteiger partial charge in [0.05, 0.1) is 12.1 Å². The molecule has 0 unspecified atom stereocenters. The highest BCUT2D eigenvalue weighted by molar-refractivity contribution is 6.31. The van der Waals surface area contributed by atoms with Crippen molar-refractivity contribution in [3.8, 4) is 0 Å². The molecule has 4 rings (SSSR count). The summed E-state index contributed by atoms with van der Waals surface area (Å²) in [5.41, 5.74) is 2.20. The van der Waals surface area contributed by atoms with E-state index in [1.807, 2.05) is 0 Å². The number of nitrogens with one attached hydrogen (secondary N) is 1. The summed E-state index contributed by atoms with van der Waals surface area (Å²) >= 11 is 5.95. The molecule has 0 radical (unpaired) electrons. The van der Waals surface area contributed by atoms with Crippen LogP contribution in [0.4, 0.5) is 11.5 Å². The standard InChI is InChI=1S/C19H17ClN6O4/c1-3-30-18(27)10-24-16-9-13(5-6-14(16)22-23-24)21-19-11(2)25(28)17-8-12(20)4-7-15(17)26(19)29/h4-9,21H,3,10H2,1-2H3. The van der Waals surface area contributed by atoms with E-state index in [4.69, 9.17) is 16.3 Å². The van der Waals surface area contributed by atoms with Crippen LogP contribution in [0.15, 0.2) is 36.4 Å². The van der Waals surface area contributed by atoms with E-state index in [0.717, 1.165) is 0 Å². The molecule has 154 valence electrons. The molecule has 2 heterocycles. The third-order valence-electron chi connectivity index (χ3n) is 4.59. The Balaban J connectivity index is 1.75. The molecule has 2 aromatic carbocycles. The van der Waals surface area contributed by atoms with Gasteiger partial charge in [0.25, 0.3) is 11.2 Å². The number of carbonyl (C=O) groups is 1. The Kier molecular flexibility index (Phi) is 5.00. The Hall–Kier alpha value is -3.66. The second-order valence-electron chi connectivity index (χ2n) is 6.54. The van der Waals surface area contributed by atoms with Gasteiger partial charge in [0.2, 0.25) is 5.52 Å². The zero-order chi connectivity index (χ0) is 21.4. The molecule has 1 N–H and O–H groups in total. The largest absolute Gasteiger partial charge is 0.710 e. The number of halogens is 1. The minimum absolute atomic E-state index is 0.0728. The zero-order valence-electron chi connectivity index (χ0n) is 16.1. The fraction of sp³-hybridized carbons (Fsp3) is 0.211. The predicted octanol–water partition coefficient (Wildman–Crippen LogP) is 2.12. The quantitative estimate of drug-likeness (QED) is 0.293. The maximum atomic E-state index is 12.9. The normalized spacial score (nSPS) is 11.2. The summed E-state index contributed by atoms with van der Waals surface area (Å²) in [5, 5.41) is 36.9. The molecule has 0 amide bonds. The fourth-order valence-corrected chi connectivity index (χ4v) is 3.31. The maximum absolute atomic E-state index is 12.9. The van der Waals surface area contributed by atoms with Crippen LogP contribution in [-0.2, 0) is 16.1 Å². The van der Waals surface area contributed by atoms with E-state index in [-0.39, 0.29) is 35.7 Å². The molecule has 0 aliphatic rings. The van der Waals surface area contributed by atoms with Gasteiger partial charge in [-0.3, -0.25) is 4.79 Å². The molecule has 2 aromatic heterocycles. The Morgan fingerprint density at radius 1 is 1.20 bits per heavy atom. The number of rotatable bonds is 5. The second kappa shape index (κ2) is 7.64. The third kappa shape index (κ3) is 3.41. The van der Waals surface area contributed by atoms with E-state index in [9.17, 15) is 15.2 Å². The van der Waals surface area contributed by atoms with Gasteiger partial charge in [0, 0.05) is 24.1 Å². The van der Waals surface area contributed by atoms with Gasteiger partial charge in [0.15, 0.2) is 0 Å². The summed E-state index contributed by atoms with van der Waals surface area (Å²) in [5.74, 6) is -0.361. The highest BCUT2D eigenvalue weighted by Gasteiger charge is 2.24. The Morgan fingerprint density at radius 2 is 2.00 bits per heavy atom. The van der Waals surface area contributed by atoms with Crippen molar-refractivity contribution >= 4 is 51.1 Å². The second-order valence-corrected chi connectivity index (χ2v) is 6.97. The van der Waals surface area contributed by atoms with Crippen LogP contribution in [0.1, 0.15) is 12.6 Å². The Morgan fingerprint density at radius 3 is 2.77 bits per heavy atom. The number of ether oxygens (including phenoxy) is 1. The molecule has 4 aromatic rings. The first kappa shape index (κ1) is 19.6. The van der Waals surface area contributed by atoms with E-state index < -0.39 is 5.97 Å². The van der Waals surface area contributed by atoms with Crippen LogP contribution in [0.3, 0.4) is 0 Å². The molecular weight excluding hydrogens is 412 g/mol. The summed E-state index contributed by atoms with van der Waals surface area (Å²) in [7, 11) is 0. The molecule has 30 heavy (non-hydrogen) atoms. The van der Waals surface area contributed by atoms with Gasteiger partial charge in [-0.1, -0.05) is 16.8 Å². The first-order chi connectivity index (χ1) is 14.4. The van der Waals surface area contributed by atoms with Crippen LogP contribution >= 0.6 is 11.6 Å². The lowest BCUT2D eigenvalue weighted by Crippen LogP contribution is -2.43. The monoisotopic (exact) mass is 428 g/mol. The van der Waals surface area contributed by atoms with Crippen molar-refractivity contribution in [3.63, 3.8) is 0 Å². The number of carbonyl (C=O) groups excluding carboxylic acids is 1. The van der Waals surface area contributed by atoms with Gasteiger partial charge >= 0.3 is 11.8 Å². The highest BCUT2D eigenvalue weighted by atomic mass is 35.5. The molecule has 0 atom stereocenters. The van der Waals surface area contributed by atoms with Crippen molar-refractivity contribution < 1.29 is 19.0 Å². The molecule has 10 nitrogen and oxygen atoms in total. The molecule has 0 saturated carbocycles. The van der Waals surface area contributed by atoms with Crippen molar-refractivity contribution in [1.29, 1.82) is 0 Å². The van der Waals surface area contributed by atoms with E-state index in [1.165, 1.54) is 23.7 Å². The van der Waals surface area contributed by atoms with Crippen molar-refractivity contribution in [2.75, 3.05) is 11.9 Å². The molecular formula is C19H17ClN6O4. The fourth-order valence-electron chi connectivity index (χ4n) is 3.14. The van der Waals surface area contributed by atoms with E-state index in [1.54, 1.807) is 31.2 Å². The number of aromatic nitrogens is 5. The van der Waals surface area contributed by atoms with Crippen molar-refractivity contribution in [2.24, 2.45) is 0 Å². The van der Waals surface area contributed by atoms with Gasteiger partial charge < -0.3 is 15.2 Å². The van der Waals surface area contributed by atoms with Crippen molar-refractivity contribution in [2.45, 2.75) is 20.4 Å². The number of hydrogen-bond donors (Lipinski definition) is 1. The van der Waals surface area contributed by atoms with Crippen LogP contribution in [0.25, 0.3) is 22.1 Å². The zero-order valence-corrected chi connectivity index (χ0v) is 16.9. The lowest BCUT2D eigenvalue weighted by Gasteiger charge is -2.14. The van der Waals surface area contributed by atoms with Gasteiger partial charge in [-0.2, -0.15) is 4.73 Å². The summed E-state index contributed by atoms with van der Waals surface area (Å²) < 4.78 is 7.66. The Labute approximate surface area is 175 Å². The first-order valence-corrected chi connectivity index (χ1v) is 9.47. The number of anilines is 2. The van der Waals surface area contributed by atoms with Crippen molar-refractivity contribution in [1.82, 2.24) is 15.0 Å². The average Bonchev–Trinajstić information content (AvgIpc) is 3.11. The minimum Gasteiger partial charge on any atom is -0.710 e. The number of nitrogens with zero attached hydrogens (tertiary/aromatic N) is 5. The third-order valence-corrected chi connectivity index (χ3v) is 4.82. The molecule has 0 spiro atoms. The highest BCUT2D eigenvalue weighted by Crippen LogP contribution is 2.23. The lowest BCUT2D eigenvalue weighted by atomic mass is 10.2. The van der Waals surface area contributed by atoms with Crippen molar-refractivity contribution in [3.05, 3.63) is 57.5 Å². The van der Waals surface area contributed by atoms with Crippen LogP contribution < -0.4 is 14.8 Å². The van der Waals surface area contributed by atoms with E-state index >= 15 is 0 Å². The van der Waals surface area contributed by atoms with E-state index in [0.29, 0.717) is 31.2 Å². The van der Waals surface area contributed by atoms with Gasteiger partial charge in [-0.15, -0.1) is 5.10 Å². The van der Waals surface area contributed by atoms with Crippen LogP contribution in [0.5, 0.6) is 0 Å². The van der Waals surface area contributed by atoms with Gasteiger partial charge in [-0.05, 0) is 31.2 Å². The molecule has 0 saturated heterocycles. The predicted molar refractivity (Wildman–Crippen MR) is 109 cm³/mol. The first-order valence-electron chi connectivity index (χ1n) is 9.10. The van der Waals surface area contributed by atoms with Crippen LogP contribution in [0, 0.1) is 17.3 Å².